The van der Waals surface area contributed by atoms with Crippen molar-refractivity contribution < 1.29 is 4.79 Å². The smallest absolute Gasteiger partial charge is 0.243 e. The number of amides is 1. The van der Waals surface area contributed by atoms with Gasteiger partial charge in [0.2, 0.25) is 5.91 Å². The van der Waals surface area contributed by atoms with Crippen LogP contribution < -0.4 is 5.43 Å². The fraction of sp³-hybridized carbons (Fsp3) is 0.333. The average Bonchev–Trinajstić information content (AvgIpc) is 2.67. The summed E-state index contributed by atoms with van der Waals surface area (Å²) in [6.07, 6.45) is 1.68. The fourth-order valence-electron chi connectivity index (χ4n) is 3.27. The maximum absolute atomic E-state index is 12.4. The fourth-order valence-corrected chi connectivity index (χ4v) is 3.81. The summed E-state index contributed by atoms with van der Waals surface area (Å²) in [6.45, 7) is 4.58. The minimum atomic E-state index is -0.0289. The normalized spacial score (nSPS) is 16.3. The number of likely N-dealkylation sites (tertiary alicyclic amines) is 1. The molecular weight excluding hydrogens is 381 g/mol. The van der Waals surface area contributed by atoms with Gasteiger partial charge in [-0.05, 0) is 50.6 Å². The molecule has 0 aromatic heterocycles. The highest BCUT2D eigenvalue weighted by atomic mass is 35.5. The number of benzene rings is 2. The highest BCUT2D eigenvalue weighted by molar-refractivity contribution is 6.37. The summed E-state index contributed by atoms with van der Waals surface area (Å²) in [5.74, 6) is -0.0342. The van der Waals surface area contributed by atoms with E-state index in [1.54, 1.807) is 18.2 Å². The molecule has 0 saturated carbocycles. The van der Waals surface area contributed by atoms with Crippen LogP contribution >= 0.6 is 23.2 Å². The maximum Gasteiger partial charge on any atom is 0.243 e. The number of hydrogen-bond acceptors (Lipinski definition) is 3. The van der Waals surface area contributed by atoms with Crippen molar-refractivity contribution in [1.29, 1.82) is 0 Å². The van der Waals surface area contributed by atoms with Crippen molar-refractivity contribution in [3.8, 4) is 0 Å². The third-order valence-corrected chi connectivity index (χ3v) is 5.41. The number of rotatable bonds is 5. The third-order valence-electron chi connectivity index (χ3n) is 4.86. The van der Waals surface area contributed by atoms with Gasteiger partial charge in [0, 0.05) is 23.0 Å². The lowest BCUT2D eigenvalue weighted by Gasteiger charge is -2.30. The van der Waals surface area contributed by atoms with E-state index >= 15 is 0 Å². The summed E-state index contributed by atoms with van der Waals surface area (Å²) in [5.41, 5.74) is 5.42. The molecule has 0 unspecified atom stereocenters. The molecule has 27 heavy (non-hydrogen) atoms. The van der Waals surface area contributed by atoms with Crippen molar-refractivity contribution in [2.24, 2.45) is 11.0 Å². The summed E-state index contributed by atoms with van der Waals surface area (Å²) < 4.78 is 0. The largest absolute Gasteiger partial charge is 0.299 e. The molecule has 0 radical (unpaired) electrons. The lowest BCUT2D eigenvalue weighted by atomic mass is 9.96. The Hall–Kier alpha value is -1.88. The van der Waals surface area contributed by atoms with E-state index in [0.717, 1.165) is 38.0 Å². The molecule has 1 heterocycles. The SMILES string of the molecule is CC(=NNC(=O)C1CCN(Cc2ccccc2)CC1)c1ccc(Cl)cc1Cl. The number of carbonyl (C=O) groups is 1. The van der Waals surface area contributed by atoms with Crippen molar-refractivity contribution in [3.63, 3.8) is 0 Å². The zero-order valence-electron chi connectivity index (χ0n) is 15.3. The van der Waals surface area contributed by atoms with Crippen LogP contribution in [0.3, 0.4) is 0 Å². The Kier molecular flexibility index (Phi) is 6.89. The van der Waals surface area contributed by atoms with Crippen LogP contribution in [0.4, 0.5) is 0 Å². The Balaban J connectivity index is 1.50. The van der Waals surface area contributed by atoms with Crippen LogP contribution in [0, 0.1) is 5.92 Å². The molecule has 142 valence electrons. The lowest BCUT2D eigenvalue weighted by Crippen LogP contribution is -2.39. The predicted octanol–water partition coefficient (Wildman–Crippen LogP) is 4.75. The summed E-state index contributed by atoms with van der Waals surface area (Å²) >= 11 is 12.1. The van der Waals surface area contributed by atoms with Crippen LogP contribution in [0.25, 0.3) is 0 Å². The lowest BCUT2D eigenvalue weighted by molar-refractivity contribution is -0.126. The second kappa shape index (κ2) is 9.36. The Morgan fingerprint density at radius 1 is 1.15 bits per heavy atom. The molecule has 1 N–H and O–H groups in total. The van der Waals surface area contributed by atoms with Crippen LogP contribution in [-0.4, -0.2) is 29.6 Å². The number of nitrogens with zero attached hydrogens (tertiary/aromatic N) is 2. The van der Waals surface area contributed by atoms with Gasteiger partial charge in [0.15, 0.2) is 0 Å². The zero-order valence-corrected chi connectivity index (χ0v) is 16.8. The van der Waals surface area contributed by atoms with E-state index in [2.05, 4.69) is 39.7 Å². The van der Waals surface area contributed by atoms with Crippen molar-refractivity contribution >= 4 is 34.8 Å². The van der Waals surface area contributed by atoms with E-state index in [0.29, 0.717) is 15.8 Å². The Labute approximate surface area is 170 Å². The third kappa shape index (κ3) is 5.55. The van der Waals surface area contributed by atoms with E-state index in [9.17, 15) is 4.79 Å². The molecule has 3 rings (SSSR count). The molecule has 4 nitrogen and oxygen atoms in total. The van der Waals surface area contributed by atoms with Gasteiger partial charge in [0.25, 0.3) is 0 Å². The predicted molar refractivity (Wildman–Crippen MR) is 111 cm³/mol. The summed E-state index contributed by atoms with van der Waals surface area (Å²) in [7, 11) is 0. The molecule has 2 aromatic carbocycles. The molecular formula is C21H23Cl2N3O. The zero-order chi connectivity index (χ0) is 19.2. The summed E-state index contributed by atoms with van der Waals surface area (Å²) in [4.78, 5) is 14.8. The van der Waals surface area contributed by atoms with Crippen molar-refractivity contribution in [3.05, 3.63) is 69.7 Å². The summed E-state index contributed by atoms with van der Waals surface area (Å²) in [6, 6.07) is 15.6. The van der Waals surface area contributed by atoms with Crippen LogP contribution in [-0.2, 0) is 11.3 Å². The first-order chi connectivity index (χ1) is 13.0. The van der Waals surface area contributed by atoms with Crippen LogP contribution in [0.1, 0.15) is 30.9 Å². The second-order valence-corrected chi connectivity index (χ2v) is 7.68. The van der Waals surface area contributed by atoms with Crippen LogP contribution in [0.15, 0.2) is 53.6 Å². The van der Waals surface area contributed by atoms with Gasteiger partial charge in [0.05, 0.1) is 10.7 Å². The standard InChI is InChI=1S/C21H23Cl2N3O/c1-15(19-8-7-18(22)13-20(19)23)24-25-21(27)17-9-11-26(12-10-17)14-16-5-3-2-4-6-16/h2-8,13,17H,9-12,14H2,1H3,(H,25,27). The van der Waals surface area contributed by atoms with E-state index in [1.807, 2.05) is 13.0 Å². The first kappa shape index (κ1) is 19.9. The van der Waals surface area contributed by atoms with E-state index in [1.165, 1.54) is 5.56 Å². The van der Waals surface area contributed by atoms with Gasteiger partial charge in [-0.1, -0.05) is 59.6 Å². The Bertz CT molecular complexity index is 815. The molecule has 0 atom stereocenters. The molecule has 1 aliphatic rings. The molecule has 1 aliphatic heterocycles. The van der Waals surface area contributed by atoms with Gasteiger partial charge in [-0.2, -0.15) is 5.10 Å². The molecule has 1 saturated heterocycles. The molecule has 2 aromatic rings. The first-order valence-corrected chi connectivity index (χ1v) is 9.84. The molecule has 1 amide bonds. The number of hydrogen-bond donors (Lipinski definition) is 1. The van der Waals surface area contributed by atoms with Gasteiger partial charge >= 0.3 is 0 Å². The average molecular weight is 404 g/mol. The molecule has 6 heteroatoms. The van der Waals surface area contributed by atoms with Gasteiger partial charge in [0.1, 0.15) is 0 Å². The van der Waals surface area contributed by atoms with Crippen LogP contribution in [0.5, 0.6) is 0 Å². The van der Waals surface area contributed by atoms with Crippen LogP contribution in [0.2, 0.25) is 10.0 Å². The van der Waals surface area contributed by atoms with Crippen molar-refractivity contribution in [2.75, 3.05) is 13.1 Å². The molecule has 0 aliphatic carbocycles. The quantitative estimate of drug-likeness (QED) is 0.578. The van der Waals surface area contributed by atoms with E-state index in [-0.39, 0.29) is 11.8 Å². The van der Waals surface area contributed by atoms with Gasteiger partial charge in [-0.3, -0.25) is 9.69 Å². The summed E-state index contributed by atoms with van der Waals surface area (Å²) in [5, 5.41) is 5.32. The molecule has 0 spiro atoms. The van der Waals surface area contributed by atoms with E-state index in [4.69, 9.17) is 23.2 Å². The first-order valence-electron chi connectivity index (χ1n) is 9.09. The van der Waals surface area contributed by atoms with Gasteiger partial charge in [-0.15, -0.1) is 0 Å². The molecule has 0 bridgehead atoms. The Morgan fingerprint density at radius 3 is 2.52 bits per heavy atom. The highest BCUT2D eigenvalue weighted by Crippen LogP contribution is 2.22. The monoisotopic (exact) mass is 403 g/mol. The number of piperidine rings is 1. The van der Waals surface area contributed by atoms with Gasteiger partial charge in [-0.25, -0.2) is 5.43 Å². The number of carbonyl (C=O) groups excluding carboxylic acids is 1. The number of nitrogens with one attached hydrogen (secondary N) is 1. The van der Waals surface area contributed by atoms with Crippen molar-refractivity contribution in [2.45, 2.75) is 26.3 Å². The van der Waals surface area contributed by atoms with Crippen molar-refractivity contribution in [1.82, 2.24) is 10.3 Å². The van der Waals surface area contributed by atoms with E-state index < -0.39 is 0 Å². The van der Waals surface area contributed by atoms with Gasteiger partial charge < -0.3 is 0 Å². The Morgan fingerprint density at radius 2 is 1.85 bits per heavy atom. The second-order valence-electron chi connectivity index (χ2n) is 6.83. The number of hydrazone groups is 1. The molecule has 1 fully saturated rings. The topological polar surface area (TPSA) is 44.7 Å². The maximum atomic E-state index is 12.4. The highest BCUT2D eigenvalue weighted by Gasteiger charge is 2.24. The minimum Gasteiger partial charge on any atom is -0.299 e. The minimum absolute atomic E-state index is 0.00531. The number of halogens is 2.